The minimum atomic E-state index is -0.104. The quantitative estimate of drug-likeness (QED) is 0.864. The van der Waals surface area contributed by atoms with E-state index in [0.717, 1.165) is 18.5 Å². The maximum Gasteiger partial charge on any atom is 0.271 e. The summed E-state index contributed by atoms with van der Waals surface area (Å²) in [5.74, 6) is 0.623. The molecule has 0 radical (unpaired) electrons. The van der Waals surface area contributed by atoms with Gasteiger partial charge in [-0.25, -0.2) is 4.98 Å². The van der Waals surface area contributed by atoms with Gasteiger partial charge in [-0.1, -0.05) is 13.8 Å². The van der Waals surface area contributed by atoms with E-state index in [1.165, 1.54) is 0 Å². The van der Waals surface area contributed by atoms with Crippen molar-refractivity contribution in [3.63, 3.8) is 0 Å². The van der Waals surface area contributed by atoms with Crippen LogP contribution in [-0.4, -0.2) is 59.1 Å². The molecule has 138 valence electrons. The molecular formula is C18H28N4O3. The smallest absolute Gasteiger partial charge is 0.271 e. The van der Waals surface area contributed by atoms with Gasteiger partial charge < -0.3 is 19.5 Å². The minimum Gasteiger partial charge on any atom is -0.378 e. The van der Waals surface area contributed by atoms with Gasteiger partial charge in [0.1, 0.15) is 5.69 Å². The first-order valence-electron chi connectivity index (χ1n) is 9.25. The molecule has 1 atom stereocenters. The van der Waals surface area contributed by atoms with E-state index in [1.54, 1.807) is 6.33 Å². The molecule has 1 aromatic rings. The average molecular weight is 348 g/mol. The Morgan fingerprint density at radius 1 is 1.36 bits per heavy atom. The minimum absolute atomic E-state index is 0.0309. The number of carbonyl (C=O) groups excluding carboxylic acids is 2. The van der Waals surface area contributed by atoms with Crippen LogP contribution in [0.15, 0.2) is 6.33 Å². The van der Waals surface area contributed by atoms with Crippen LogP contribution >= 0.6 is 0 Å². The Hall–Kier alpha value is -1.89. The summed E-state index contributed by atoms with van der Waals surface area (Å²) in [4.78, 5) is 31.2. The van der Waals surface area contributed by atoms with Crippen molar-refractivity contribution in [2.45, 2.75) is 39.7 Å². The van der Waals surface area contributed by atoms with Crippen LogP contribution in [0.2, 0.25) is 0 Å². The van der Waals surface area contributed by atoms with Gasteiger partial charge in [0.05, 0.1) is 31.2 Å². The van der Waals surface area contributed by atoms with Crippen LogP contribution in [0.1, 0.15) is 42.9 Å². The van der Waals surface area contributed by atoms with E-state index in [4.69, 9.17) is 4.74 Å². The number of nitrogens with zero attached hydrogens (tertiary/aromatic N) is 3. The zero-order valence-corrected chi connectivity index (χ0v) is 15.2. The Kier molecular flexibility index (Phi) is 5.73. The number of morpholine rings is 1. The van der Waals surface area contributed by atoms with E-state index in [9.17, 15) is 9.59 Å². The number of nitrogens with one attached hydrogen (secondary N) is 1. The van der Waals surface area contributed by atoms with Gasteiger partial charge in [-0.05, 0) is 25.2 Å². The van der Waals surface area contributed by atoms with Crippen molar-refractivity contribution in [3.8, 4) is 0 Å². The number of aromatic nitrogens is 2. The third kappa shape index (κ3) is 4.21. The fourth-order valence-electron chi connectivity index (χ4n) is 3.46. The molecule has 3 heterocycles. The van der Waals surface area contributed by atoms with Crippen molar-refractivity contribution < 1.29 is 14.3 Å². The predicted molar refractivity (Wildman–Crippen MR) is 93.2 cm³/mol. The van der Waals surface area contributed by atoms with E-state index in [1.807, 2.05) is 9.47 Å². The lowest BCUT2D eigenvalue weighted by atomic mass is 9.95. The van der Waals surface area contributed by atoms with Crippen molar-refractivity contribution >= 4 is 11.8 Å². The van der Waals surface area contributed by atoms with E-state index in [0.29, 0.717) is 57.4 Å². The third-order valence-corrected chi connectivity index (χ3v) is 4.99. The molecule has 1 saturated heterocycles. The fraction of sp³-hybridized carbons (Fsp3) is 0.722. The maximum absolute atomic E-state index is 12.7. The van der Waals surface area contributed by atoms with E-state index in [-0.39, 0.29) is 17.7 Å². The highest BCUT2D eigenvalue weighted by Gasteiger charge is 2.31. The summed E-state index contributed by atoms with van der Waals surface area (Å²) >= 11 is 0. The molecule has 25 heavy (non-hydrogen) atoms. The van der Waals surface area contributed by atoms with Gasteiger partial charge in [0.25, 0.3) is 5.91 Å². The SMILES string of the molecule is CC(C)CCNC(=O)c1ncn2c1CCC(C(=O)N1CCOCC1)C2. The van der Waals surface area contributed by atoms with Gasteiger partial charge in [0, 0.05) is 26.2 Å². The second kappa shape index (κ2) is 7.99. The van der Waals surface area contributed by atoms with Gasteiger partial charge in [0.15, 0.2) is 0 Å². The highest BCUT2D eigenvalue weighted by Crippen LogP contribution is 2.24. The molecule has 3 rings (SSSR count). The van der Waals surface area contributed by atoms with Crippen LogP contribution in [0.5, 0.6) is 0 Å². The van der Waals surface area contributed by atoms with E-state index >= 15 is 0 Å². The largest absolute Gasteiger partial charge is 0.378 e. The lowest BCUT2D eigenvalue weighted by Crippen LogP contribution is -2.45. The van der Waals surface area contributed by atoms with Gasteiger partial charge in [-0.3, -0.25) is 9.59 Å². The molecule has 2 aliphatic rings. The van der Waals surface area contributed by atoms with Crippen LogP contribution in [-0.2, 0) is 22.5 Å². The molecule has 1 N–H and O–H groups in total. The number of hydrogen-bond acceptors (Lipinski definition) is 4. The zero-order chi connectivity index (χ0) is 17.8. The van der Waals surface area contributed by atoms with Crippen LogP contribution in [0.3, 0.4) is 0 Å². The van der Waals surface area contributed by atoms with Crippen molar-refractivity contribution in [1.29, 1.82) is 0 Å². The number of amides is 2. The number of hydrogen-bond donors (Lipinski definition) is 1. The molecule has 2 aliphatic heterocycles. The van der Waals surface area contributed by atoms with Crippen LogP contribution in [0, 0.1) is 11.8 Å². The summed E-state index contributed by atoms with van der Waals surface area (Å²) in [6.07, 6.45) is 4.14. The normalized spacial score (nSPS) is 20.4. The van der Waals surface area contributed by atoms with Gasteiger partial charge in [-0.2, -0.15) is 0 Å². The first-order valence-corrected chi connectivity index (χ1v) is 9.25. The Morgan fingerprint density at radius 2 is 2.12 bits per heavy atom. The van der Waals surface area contributed by atoms with Crippen LogP contribution in [0.25, 0.3) is 0 Å². The summed E-state index contributed by atoms with van der Waals surface area (Å²) in [6, 6.07) is 0. The molecule has 0 spiro atoms. The summed E-state index contributed by atoms with van der Waals surface area (Å²) in [5.41, 5.74) is 1.47. The van der Waals surface area contributed by atoms with Crippen molar-refractivity contribution in [1.82, 2.24) is 19.8 Å². The Balaban J connectivity index is 1.60. The monoisotopic (exact) mass is 348 g/mol. The molecule has 0 aliphatic carbocycles. The molecule has 2 amide bonds. The number of rotatable bonds is 5. The number of imidazole rings is 1. The Bertz CT molecular complexity index is 620. The highest BCUT2D eigenvalue weighted by atomic mass is 16.5. The topological polar surface area (TPSA) is 76.5 Å². The number of carbonyl (C=O) groups is 2. The first kappa shape index (κ1) is 17.9. The van der Waals surface area contributed by atoms with Crippen LogP contribution < -0.4 is 5.32 Å². The van der Waals surface area contributed by atoms with E-state index < -0.39 is 0 Å². The van der Waals surface area contributed by atoms with Crippen molar-refractivity contribution in [2.24, 2.45) is 11.8 Å². The molecule has 7 nitrogen and oxygen atoms in total. The standard InChI is InChI=1S/C18H28N4O3/c1-13(2)5-6-19-17(23)16-15-4-3-14(11-22(15)12-20-16)18(24)21-7-9-25-10-8-21/h12-14H,3-11H2,1-2H3,(H,19,23). The number of fused-ring (bicyclic) bond motifs is 1. The fourth-order valence-corrected chi connectivity index (χ4v) is 3.46. The predicted octanol–water partition coefficient (Wildman–Crippen LogP) is 1.08. The highest BCUT2D eigenvalue weighted by molar-refractivity contribution is 5.93. The van der Waals surface area contributed by atoms with Crippen molar-refractivity contribution in [2.75, 3.05) is 32.8 Å². The van der Waals surface area contributed by atoms with Gasteiger partial charge in [-0.15, -0.1) is 0 Å². The van der Waals surface area contributed by atoms with E-state index in [2.05, 4.69) is 24.1 Å². The lowest BCUT2D eigenvalue weighted by Gasteiger charge is -2.32. The number of ether oxygens (including phenoxy) is 1. The molecule has 0 aromatic carbocycles. The summed E-state index contributed by atoms with van der Waals surface area (Å²) in [7, 11) is 0. The first-order chi connectivity index (χ1) is 12.1. The Labute approximate surface area is 148 Å². The zero-order valence-electron chi connectivity index (χ0n) is 15.2. The average Bonchev–Trinajstić information content (AvgIpc) is 3.04. The molecule has 7 heteroatoms. The second-order valence-corrected chi connectivity index (χ2v) is 7.30. The van der Waals surface area contributed by atoms with Gasteiger partial charge in [0.2, 0.25) is 5.91 Å². The van der Waals surface area contributed by atoms with Crippen molar-refractivity contribution in [3.05, 3.63) is 17.7 Å². The second-order valence-electron chi connectivity index (χ2n) is 7.30. The molecule has 0 saturated carbocycles. The Morgan fingerprint density at radius 3 is 2.84 bits per heavy atom. The molecule has 0 bridgehead atoms. The van der Waals surface area contributed by atoms with Crippen LogP contribution in [0.4, 0.5) is 0 Å². The third-order valence-electron chi connectivity index (χ3n) is 4.99. The molecular weight excluding hydrogens is 320 g/mol. The summed E-state index contributed by atoms with van der Waals surface area (Å²) in [5, 5.41) is 2.95. The summed E-state index contributed by atoms with van der Waals surface area (Å²) in [6.45, 7) is 8.14. The molecule has 1 aromatic heterocycles. The molecule has 1 unspecified atom stereocenters. The lowest BCUT2D eigenvalue weighted by molar-refractivity contribution is -0.140. The summed E-state index contributed by atoms with van der Waals surface area (Å²) < 4.78 is 7.29. The van der Waals surface area contributed by atoms with Gasteiger partial charge >= 0.3 is 0 Å². The molecule has 1 fully saturated rings. The maximum atomic E-state index is 12.7.